The summed E-state index contributed by atoms with van der Waals surface area (Å²) in [5.74, 6) is -1.76. The van der Waals surface area contributed by atoms with Crippen LogP contribution in [0.3, 0.4) is 0 Å². The second kappa shape index (κ2) is 8.99. The fourth-order valence-corrected chi connectivity index (χ4v) is 3.88. The van der Waals surface area contributed by atoms with Gasteiger partial charge in [0.2, 0.25) is 0 Å². The average molecular weight is 422 g/mol. The normalized spacial score (nSPS) is 14.9. The lowest BCUT2D eigenvalue weighted by molar-refractivity contribution is -0.197. The predicted molar refractivity (Wildman–Crippen MR) is 109 cm³/mol. The molecule has 31 heavy (non-hydrogen) atoms. The van der Waals surface area contributed by atoms with Crippen molar-refractivity contribution < 1.29 is 28.8 Å². The van der Waals surface area contributed by atoms with Crippen molar-refractivity contribution in [3.8, 4) is 11.1 Å². The van der Waals surface area contributed by atoms with Gasteiger partial charge in [0, 0.05) is 31.7 Å². The first kappa shape index (κ1) is 20.6. The Labute approximate surface area is 179 Å². The van der Waals surface area contributed by atoms with Gasteiger partial charge < -0.3 is 14.9 Å². The number of imide groups is 1. The molecule has 1 saturated heterocycles. The van der Waals surface area contributed by atoms with E-state index < -0.39 is 23.9 Å². The third kappa shape index (κ3) is 4.42. The zero-order valence-corrected chi connectivity index (χ0v) is 16.8. The van der Waals surface area contributed by atoms with Gasteiger partial charge in [0.05, 0.1) is 0 Å². The Balaban J connectivity index is 1.21. The average Bonchev–Trinajstić information content (AvgIpc) is 3.27. The Morgan fingerprint density at radius 3 is 2.13 bits per heavy atom. The molecule has 4 rings (SSSR count). The second-order valence-electron chi connectivity index (χ2n) is 7.40. The Kier molecular flexibility index (Phi) is 5.97. The molecule has 0 atom stereocenters. The molecule has 1 heterocycles. The molecule has 1 aliphatic carbocycles. The Morgan fingerprint density at radius 1 is 0.935 bits per heavy atom. The molecule has 0 spiro atoms. The predicted octanol–water partition coefficient (Wildman–Crippen LogP) is 2.91. The number of rotatable bonds is 7. The lowest BCUT2D eigenvalue weighted by Gasteiger charge is -2.15. The van der Waals surface area contributed by atoms with Gasteiger partial charge in [0.25, 0.3) is 11.8 Å². The van der Waals surface area contributed by atoms with Crippen molar-refractivity contribution in [2.45, 2.75) is 31.6 Å². The highest BCUT2D eigenvalue weighted by Crippen LogP contribution is 2.44. The number of hydroxylamine groups is 2. The maximum atomic E-state index is 12.1. The van der Waals surface area contributed by atoms with Crippen molar-refractivity contribution in [2.24, 2.45) is 0 Å². The van der Waals surface area contributed by atoms with Gasteiger partial charge in [-0.15, -0.1) is 5.06 Å². The number of carbonyl (C=O) groups excluding carboxylic acids is 4. The maximum Gasteiger partial charge on any atom is 0.407 e. The largest absolute Gasteiger partial charge is 0.449 e. The van der Waals surface area contributed by atoms with Crippen LogP contribution in [0.1, 0.15) is 42.7 Å². The van der Waals surface area contributed by atoms with Gasteiger partial charge in [0.1, 0.15) is 6.61 Å². The minimum Gasteiger partial charge on any atom is -0.449 e. The molecule has 2 aromatic carbocycles. The van der Waals surface area contributed by atoms with E-state index in [0.29, 0.717) is 11.5 Å². The summed E-state index contributed by atoms with van der Waals surface area (Å²) >= 11 is 0. The van der Waals surface area contributed by atoms with Crippen LogP contribution in [0.25, 0.3) is 11.1 Å². The van der Waals surface area contributed by atoms with Gasteiger partial charge in [-0.3, -0.25) is 9.59 Å². The molecule has 1 fully saturated rings. The molecule has 2 aromatic rings. The summed E-state index contributed by atoms with van der Waals surface area (Å²) < 4.78 is 5.42. The number of benzene rings is 2. The molecule has 8 nitrogen and oxygen atoms in total. The molecular formula is C23H22N2O6. The van der Waals surface area contributed by atoms with Gasteiger partial charge in [-0.1, -0.05) is 48.5 Å². The molecule has 0 bridgehead atoms. The van der Waals surface area contributed by atoms with E-state index in [2.05, 4.69) is 17.4 Å². The van der Waals surface area contributed by atoms with Crippen LogP contribution in [0.4, 0.5) is 4.79 Å². The molecule has 1 aliphatic heterocycles. The highest BCUT2D eigenvalue weighted by atomic mass is 16.7. The van der Waals surface area contributed by atoms with Crippen LogP contribution < -0.4 is 5.32 Å². The number of hydrogen-bond donors (Lipinski definition) is 1. The Hall–Kier alpha value is -3.68. The lowest BCUT2D eigenvalue weighted by atomic mass is 9.98. The standard InChI is InChI=1S/C23H22N2O6/c26-20-11-12-21(27)25(20)31-22(28)10-5-13-24-23(29)30-14-19-17-8-3-1-6-15(17)16-7-2-4-9-18(16)19/h1-4,6-9,19H,5,10-14H2,(H,24,29). The molecule has 8 heteroatoms. The van der Waals surface area contributed by atoms with Crippen LogP contribution >= 0.6 is 0 Å². The van der Waals surface area contributed by atoms with Crippen LogP contribution in [-0.4, -0.2) is 42.1 Å². The van der Waals surface area contributed by atoms with Crippen molar-refractivity contribution in [3.63, 3.8) is 0 Å². The number of ether oxygens (including phenoxy) is 1. The zero-order chi connectivity index (χ0) is 21.8. The van der Waals surface area contributed by atoms with Crippen molar-refractivity contribution in [1.29, 1.82) is 0 Å². The maximum absolute atomic E-state index is 12.1. The fourth-order valence-electron chi connectivity index (χ4n) is 3.88. The SMILES string of the molecule is O=C(CCCNC(=O)OCC1c2ccccc2-c2ccccc21)ON1C(=O)CCC1=O. The number of nitrogens with one attached hydrogen (secondary N) is 1. The third-order valence-corrected chi connectivity index (χ3v) is 5.37. The van der Waals surface area contributed by atoms with Crippen LogP contribution in [0.5, 0.6) is 0 Å². The molecule has 2 aliphatic rings. The van der Waals surface area contributed by atoms with Crippen molar-refractivity contribution >= 4 is 23.9 Å². The van der Waals surface area contributed by atoms with Crippen LogP contribution in [0, 0.1) is 0 Å². The minimum absolute atomic E-state index is 0.0244. The fraction of sp³-hybridized carbons (Fsp3) is 0.304. The van der Waals surface area contributed by atoms with Crippen LogP contribution in [-0.2, 0) is 24.0 Å². The summed E-state index contributed by atoms with van der Waals surface area (Å²) in [5.41, 5.74) is 4.57. The second-order valence-corrected chi connectivity index (χ2v) is 7.40. The number of alkyl carbamates (subject to hydrolysis) is 1. The molecule has 160 valence electrons. The number of hydrogen-bond acceptors (Lipinski definition) is 6. The van der Waals surface area contributed by atoms with E-state index in [0.717, 1.165) is 22.3 Å². The third-order valence-electron chi connectivity index (χ3n) is 5.37. The molecule has 3 amide bonds. The van der Waals surface area contributed by atoms with E-state index in [4.69, 9.17) is 9.57 Å². The van der Waals surface area contributed by atoms with Gasteiger partial charge in [-0.25, -0.2) is 9.59 Å². The number of nitrogens with zero attached hydrogens (tertiary/aromatic N) is 1. The van der Waals surface area contributed by atoms with Gasteiger partial charge in [-0.2, -0.15) is 0 Å². The summed E-state index contributed by atoms with van der Waals surface area (Å²) in [7, 11) is 0. The quantitative estimate of drug-likeness (QED) is 0.544. The minimum atomic E-state index is -0.696. The summed E-state index contributed by atoms with van der Waals surface area (Å²) in [5, 5.41) is 3.12. The highest BCUT2D eigenvalue weighted by Gasteiger charge is 2.32. The van der Waals surface area contributed by atoms with Crippen LogP contribution in [0.15, 0.2) is 48.5 Å². The first-order chi connectivity index (χ1) is 15.0. The molecule has 0 radical (unpaired) electrons. The van der Waals surface area contributed by atoms with E-state index in [1.54, 1.807) is 0 Å². The monoisotopic (exact) mass is 422 g/mol. The first-order valence-corrected chi connectivity index (χ1v) is 10.2. The number of carbonyl (C=O) groups is 4. The van der Waals surface area contributed by atoms with E-state index in [9.17, 15) is 19.2 Å². The topological polar surface area (TPSA) is 102 Å². The lowest BCUT2D eigenvalue weighted by Crippen LogP contribution is -2.32. The molecular weight excluding hydrogens is 400 g/mol. The summed E-state index contributed by atoms with van der Waals surface area (Å²) in [6, 6.07) is 16.1. The van der Waals surface area contributed by atoms with Gasteiger partial charge >= 0.3 is 12.1 Å². The molecule has 0 saturated carbocycles. The number of amides is 3. The molecule has 0 aromatic heterocycles. The van der Waals surface area contributed by atoms with E-state index in [1.165, 1.54) is 0 Å². The Morgan fingerprint density at radius 2 is 1.52 bits per heavy atom. The van der Waals surface area contributed by atoms with Crippen molar-refractivity contribution in [1.82, 2.24) is 10.4 Å². The van der Waals surface area contributed by atoms with E-state index in [1.807, 2.05) is 36.4 Å². The van der Waals surface area contributed by atoms with Crippen molar-refractivity contribution in [2.75, 3.05) is 13.2 Å². The van der Waals surface area contributed by atoms with E-state index >= 15 is 0 Å². The Bertz CT molecular complexity index is 973. The van der Waals surface area contributed by atoms with E-state index in [-0.39, 0.29) is 38.3 Å². The highest BCUT2D eigenvalue weighted by molar-refractivity contribution is 6.01. The zero-order valence-electron chi connectivity index (χ0n) is 16.8. The number of fused-ring (bicyclic) bond motifs is 3. The van der Waals surface area contributed by atoms with Crippen LogP contribution in [0.2, 0.25) is 0 Å². The summed E-state index contributed by atoms with van der Waals surface area (Å²) in [4.78, 5) is 51.5. The molecule has 1 N–H and O–H groups in total. The first-order valence-electron chi connectivity index (χ1n) is 10.2. The molecule has 0 unspecified atom stereocenters. The van der Waals surface area contributed by atoms with Crippen molar-refractivity contribution in [3.05, 3.63) is 59.7 Å². The van der Waals surface area contributed by atoms with Gasteiger partial charge in [0.15, 0.2) is 0 Å². The summed E-state index contributed by atoms with van der Waals surface area (Å²) in [6.45, 7) is 0.411. The smallest absolute Gasteiger partial charge is 0.407 e. The summed E-state index contributed by atoms with van der Waals surface area (Å²) in [6.07, 6.45) is -0.217. The van der Waals surface area contributed by atoms with Gasteiger partial charge in [-0.05, 0) is 28.7 Å².